The molecule has 3 heteroatoms. The van der Waals surface area contributed by atoms with Crippen molar-refractivity contribution in [2.45, 2.75) is 20.4 Å². The summed E-state index contributed by atoms with van der Waals surface area (Å²) in [4.78, 5) is 0. The first-order valence-electron chi connectivity index (χ1n) is 5.32. The number of ether oxygens (including phenoxy) is 1. The van der Waals surface area contributed by atoms with Gasteiger partial charge >= 0.3 is 0 Å². The second kappa shape index (κ2) is 5.53. The Balaban J connectivity index is 2.46. The largest absolute Gasteiger partial charge is 0.497 e. The van der Waals surface area contributed by atoms with Crippen molar-refractivity contribution in [3.05, 3.63) is 29.8 Å². The van der Waals surface area contributed by atoms with E-state index in [-0.39, 0.29) is 5.41 Å². The molecule has 86 valence electrons. The molecule has 0 spiro atoms. The lowest BCUT2D eigenvalue weighted by molar-refractivity contribution is 0.413. The fourth-order valence-corrected chi connectivity index (χ4v) is 1.34. The molecule has 1 aromatic rings. The van der Waals surface area contributed by atoms with Crippen LogP contribution < -0.4 is 10.1 Å². The maximum absolute atomic E-state index is 8.86. The van der Waals surface area contributed by atoms with Gasteiger partial charge in [0, 0.05) is 13.1 Å². The third-order valence-electron chi connectivity index (χ3n) is 2.33. The zero-order valence-corrected chi connectivity index (χ0v) is 10.1. The molecular formula is C13H18N2O. The summed E-state index contributed by atoms with van der Waals surface area (Å²) in [5, 5.41) is 12.1. The van der Waals surface area contributed by atoms with E-state index in [9.17, 15) is 0 Å². The second-order valence-electron chi connectivity index (χ2n) is 4.45. The topological polar surface area (TPSA) is 45.0 Å². The zero-order chi connectivity index (χ0) is 12.0. The molecule has 1 rings (SSSR count). The number of hydrogen-bond acceptors (Lipinski definition) is 3. The van der Waals surface area contributed by atoms with E-state index in [0.717, 1.165) is 17.9 Å². The molecule has 0 amide bonds. The molecule has 3 nitrogen and oxygen atoms in total. The minimum Gasteiger partial charge on any atom is -0.497 e. The van der Waals surface area contributed by atoms with E-state index in [1.54, 1.807) is 7.11 Å². The predicted octanol–water partition coefficient (Wildman–Crippen LogP) is 2.33. The fourth-order valence-electron chi connectivity index (χ4n) is 1.34. The smallest absolute Gasteiger partial charge is 0.119 e. The van der Waals surface area contributed by atoms with E-state index in [4.69, 9.17) is 10.00 Å². The SMILES string of the molecule is COc1cccc(CNCC(C)(C)C#N)c1. The molecule has 0 radical (unpaired) electrons. The molecule has 1 N–H and O–H groups in total. The third kappa shape index (κ3) is 3.92. The summed E-state index contributed by atoms with van der Waals surface area (Å²) in [6.45, 7) is 5.28. The Morgan fingerprint density at radius 3 is 2.81 bits per heavy atom. The van der Waals surface area contributed by atoms with Crippen molar-refractivity contribution < 1.29 is 4.74 Å². The summed E-state index contributed by atoms with van der Waals surface area (Å²) in [6, 6.07) is 10.2. The molecule has 0 unspecified atom stereocenters. The number of benzene rings is 1. The first-order chi connectivity index (χ1) is 7.57. The van der Waals surface area contributed by atoms with Crippen LogP contribution in [0.25, 0.3) is 0 Å². The Hall–Kier alpha value is -1.53. The van der Waals surface area contributed by atoms with Gasteiger partial charge in [0.2, 0.25) is 0 Å². The third-order valence-corrected chi connectivity index (χ3v) is 2.33. The molecule has 0 aliphatic carbocycles. The number of hydrogen-bond donors (Lipinski definition) is 1. The first-order valence-corrected chi connectivity index (χ1v) is 5.32. The summed E-state index contributed by atoms with van der Waals surface area (Å²) in [5.41, 5.74) is 0.840. The lowest BCUT2D eigenvalue weighted by Crippen LogP contribution is -2.27. The van der Waals surface area contributed by atoms with Gasteiger partial charge in [-0.05, 0) is 31.5 Å². The summed E-state index contributed by atoms with van der Waals surface area (Å²) in [6.07, 6.45) is 0. The van der Waals surface area contributed by atoms with Gasteiger partial charge in [0.25, 0.3) is 0 Å². The van der Waals surface area contributed by atoms with Crippen molar-refractivity contribution in [3.63, 3.8) is 0 Å². The van der Waals surface area contributed by atoms with Crippen LogP contribution in [0.1, 0.15) is 19.4 Å². The summed E-state index contributed by atoms with van der Waals surface area (Å²) in [7, 11) is 1.66. The highest BCUT2D eigenvalue weighted by Gasteiger charge is 2.15. The summed E-state index contributed by atoms with van der Waals surface area (Å²) in [5.74, 6) is 0.860. The molecule has 16 heavy (non-hydrogen) atoms. The average Bonchev–Trinajstić information content (AvgIpc) is 2.29. The Labute approximate surface area is 97.0 Å². The van der Waals surface area contributed by atoms with E-state index in [0.29, 0.717) is 6.54 Å². The monoisotopic (exact) mass is 218 g/mol. The van der Waals surface area contributed by atoms with Crippen LogP contribution in [0.5, 0.6) is 5.75 Å². The molecule has 0 aliphatic rings. The highest BCUT2D eigenvalue weighted by molar-refractivity contribution is 5.28. The Bertz CT molecular complexity index is 380. The van der Waals surface area contributed by atoms with E-state index in [1.807, 2.05) is 38.1 Å². The second-order valence-corrected chi connectivity index (χ2v) is 4.45. The predicted molar refractivity (Wildman–Crippen MR) is 64.1 cm³/mol. The van der Waals surface area contributed by atoms with Crippen LogP contribution in [-0.2, 0) is 6.54 Å². The standard InChI is InChI=1S/C13H18N2O/c1-13(2,9-14)10-15-8-11-5-4-6-12(7-11)16-3/h4-7,15H,8,10H2,1-3H3. The van der Waals surface area contributed by atoms with Crippen LogP contribution in [0, 0.1) is 16.7 Å². The van der Waals surface area contributed by atoms with Crippen LogP contribution in [0.4, 0.5) is 0 Å². The van der Waals surface area contributed by atoms with Gasteiger partial charge in [0.05, 0.1) is 18.6 Å². The Morgan fingerprint density at radius 1 is 1.44 bits per heavy atom. The van der Waals surface area contributed by atoms with Gasteiger partial charge in [0.15, 0.2) is 0 Å². The van der Waals surface area contributed by atoms with Crippen LogP contribution in [0.2, 0.25) is 0 Å². The molecule has 0 aliphatic heterocycles. The van der Waals surface area contributed by atoms with E-state index in [1.165, 1.54) is 0 Å². The quantitative estimate of drug-likeness (QED) is 0.825. The minimum atomic E-state index is -0.321. The van der Waals surface area contributed by atoms with Crippen LogP contribution in [-0.4, -0.2) is 13.7 Å². The van der Waals surface area contributed by atoms with Crippen molar-refractivity contribution >= 4 is 0 Å². The highest BCUT2D eigenvalue weighted by atomic mass is 16.5. The maximum atomic E-state index is 8.86. The Kier molecular flexibility index (Phi) is 4.33. The van der Waals surface area contributed by atoms with Crippen LogP contribution >= 0.6 is 0 Å². The molecule has 0 aromatic heterocycles. The number of nitrogens with zero attached hydrogens (tertiary/aromatic N) is 1. The van der Waals surface area contributed by atoms with E-state index < -0.39 is 0 Å². The van der Waals surface area contributed by atoms with Gasteiger partial charge in [-0.2, -0.15) is 5.26 Å². The van der Waals surface area contributed by atoms with E-state index >= 15 is 0 Å². The molecule has 0 fully saturated rings. The number of nitrogens with one attached hydrogen (secondary N) is 1. The molecule has 1 aromatic carbocycles. The highest BCUT2D eigenvalue weighted by Crippen LogP contribution is 2.14. The number of rotatable bonds is 5. The molecule has 0 saturated carbocycles. The normalized spacial score (nSPS) is 10.9. The molecule has 0 saturated heterocycles. The maximum Gasteiger partial charge on any atom is 0.119 e. The lowest BCUT2D eigenvalue weighted by Gasteiger charge is -2.15. The van der Waals surface area contributed by atoms with Gasteiger partial charge in [-0.15, -0.1) is 0 Å². The van der Waals surface area contributed by atoms with Crippen molar-refractivity contribution in [3.8, 4) is 11.8 Å². The van der Waals surface area contributed by atoms with Crippen molar-refractivity contribution in [1.82, 2.24) is 5.32 Å². The van der Waals surface area contributed by atoms with Crippen molar-refractivity contribution in [1.29, 1.82) is 5.26 Å². The molecular weight excluding hydrogens is 200 g/mol. The minimum absolute atomic E-state index is 0.321. The summed E-state index contributed by atoms with van der Waals surface area (Å²) >= 11 is 0. The zero-order valence-electron chi connectivity index (χ0n) is 10.1. The molecule has 0 heterocycles. The van der Waals surface area contributed by atoms with Gasteiger partial charge in [-0.3, -0.25) is 0 Å². The van der Waals surface area contributed by atoms with Crippen molar-refractivity contribution in [2.75, 3.05) is 13.7 Å². The lowest BCUT2D eigenvalue weighted by atomic mass is 9.96. The number of nitriles is 1. The molecule has 0 bridgehead atoms. The van der Waals surface area contributed by atoms with Crippen molar-refractivity contribution in [2.24, 2.45) is 5.41 Å². The number of methoxy groups -OCH3 is 1. The van der Waals surface area contributed by atoms with Crippen LogP contribution in [0.3, 0.4) is 0 Å². The molecule has 0 atom stereocenters. The first kappa shape index (κ1) is 12.5. The Morgan fingerprint density at radius 2 is 2.19 bits per heavy atom. The average molecular weight is 218 g/mol. The van der Waals surface area contributed by atoms with Gasteiger partial charge in [-0.25, -0.2) is 0 Å². The van der Waals surface area contributed by atoms with Crippen LogP contribution in [0.15, 0.2) is 24.3 Å². The van der Waals surface area contributed by atoms with Gasteiger partial charge < -0.3 is 10.1 Å². The van der Waals surface area contributed by atoms with E-state index in [2.05, 4.69) is 11.4 Å². The van der Waals surface area contributed by atoms with Gasteiger partial charge in [0.1, 0.15) is 5.75 Å². The van der Waals surface area contributed by atoms with Gasteiger partial charge in [-0.1, -0.05) is 12.1 Å². The fraction of sp³-hybridized carbons (Fsp3) is 0.462. The summed E-state index contributed by atoms with van der Waals surface area (Å²) < 4.78 is 5.14.